The summed E-state index contributed by atoms with van der Waals surface area (Å²) in [6, 6.07) is -0.649. The predicted octanol–water partition coefficient (Wildman–Crippen LogP) is 10.6. The molecule has 0 bridgehead atoms. The molecule has 1 amide bonds. The quantitative estimate of drug-likeness (QED) is 0.0417. The van der Waals surface area contributed by atoms with Crippen LogP contribution in [0.4, 0.5) is 0 Å². The first-order chi connectivity index (χ1) is 25.4. The molecule has 2 unspecified atom stereocenters. The van der Waals surface area contributed by atoms with Gasteiger partial charge in [-0.1, -0.05) is 175 Å². The maximum atomic E-state index is 12.7. The van der Waals surface area contributed by atoms with Crippen LogP contribution >= 0.6 is 11.8 Å². The van der Waals surface area contributed by atoms with Gasteiger partial charge in [0.2, 0.25) is 5.91 Å². The topological polar surface area (TPSA) is 120 Å². The second-order valence-corrected chi connectivity index (χ2v) is 16.0. The Kier molecular flexibility index (Phi) is 39.8. The second-order valence-electron chi connectivity index (χ2n) is 14.9. The van der Waals surface area contributed by atoms with Gasteiger partial charge in [0.1, 0.15) is 12.7 Å². The van der Waals surface area contributed by atoms with E-state index in [0.717, 1.165) is 58.0 Å². The molecule has 52 heavy (non-hydrogen) atoms. The second kappa shape index (κ2) is 40.9. The Bertz CT molecular complexity index is 803. The molecule has 0 aromatic carbocycles. The summed E-state index contributed by atoms with van der Waals surface area (Å²) in [5.41, 5.74) is 6.13. The fourth-order valence-corrected chi connectivity index (χ4v) is 7.30. The van der Waals surface area contributed by atoms with Crippen LogP contribution in [0.1, 0.15) is 207 Å². The zero-order chi connectivity index (χ0) is 38.2. The van der Waals surface area contributed by atoms with Crippen LogP contribution in [0, 0.1) is 0 Å². The molecule has 0 saturated heterocycles. The monoisotopic (exact) mass is 756 g/mol. The molecule has 2 atom stereocenters. The number of hydrogen-bond donors (Lipinski definition) is 3. The number of hydrogen-bond acceptors (Lipinski definition) is 8. The number of esters is 2. The first-order valence-electron chi connectivity index (χ1n) is 22.1. The third-order valence-corrected chi connectivity index (χ3v) is 10.9. The molecule has 0 saturated carbocycles. The number of rotatable bonds is 41. The predicted molar refractivity (Wildman–Crippen MR) is 223 cm³/mol. The zero-order valence-corrected chi connectivity index (χ0v) is 35.2. The molecule has 4 N–H and O–H groups in total. The van der Waals surface area contributed by atoms with Crippen molar-refractivity contribution in [1.29, 1.82) is 0 Å². The van der Waals surface area contributed by atoms with Gasteiger partial charge in [0.25, 0.3) is 0 Å². The fraction of sp³-hybridized carbons (Fsp3) is 0.930. The lowest BCUT2D eigenvalue weighted by molar-refractivity contribution is -0.157. The lowest BCUT2D eigenvalue weighted by Crippen LogP contribution is -2.43. The Labute approximate surface area is 325 Å². The first-order valence-corrected chi connectivity index (χ1v) is 23.3. The van der Waals surface area contributed by atoms with E-state index in [1.807, 2.05) is 0 Å². The summed E-state index contributed by atoms with van der Waals surface area (Å²) < 4.78 is 11.4. The molecule has 0 aromatic rings. The maximum absolute atomic E-state index is 12.7. The van der Waals surface area contributed by atoms with Crippen molar-refractivity contribution in [3.8, 4) is 0 Å². The van der Waals surface area contributed by atoms with Crippen LogP contribution in [0.15, 0.2) is 0 Å². The molecule has 0 fully saturated rings. The highest BCUT2D eigenvalue weighted by Crippen LogP contribution is 2.16. The van der Waals surface area contributed by atoms with Crippen molar-refractivity contribution >= 4 is 29.6 Å². The summed E-state index contributed by atoms with van der Waals surface area (Å²) in [7, 11) is 0. The Morgan fingerprint density at radius 2 is 0.962 bits per heavy atom. The molecular formula is C43H85N3O5S. The molecule has 0 radical (unpaired) electrons. The maximum Gasteiger partial charge on any atom is 0.306 e. The molecule has 308 valence electrons. The van der Waals surface area contributed by atoms with Gasteiger partial charge in [0, 0.05) is 30.9 Å². The highest BCUT2D eigenvalue weighted by Gasteiger charge is 2.20. The zero-order valence-electron chi connectivity index (χ0n) is 34.4. The third-order valence-electron chi connectivity index (χ3n) is 9.71. The van der Waals surface area contributed by atoms with Crippen molar-refractivity contribution in [2.24, 2.45) is 5.73 Å². The number of nitrogens with one attached hydrogen (secondary N) is 2. The molecule has 0 rings (SSSR count). The van der Waals surface area contributed by atoms with E-state index in [0.29, 0.717) is 30.9 Å². The minimum Gasteiger partial charge on any atom is -0.462 e. The van der Waals surface area contributed by atoms with Crippen molar-refractivity contribution in [3.63, 3.8) is 0 Å². The number of unbranched alkanes of at least 4 members (excludes halogenated alkanes) is 24. The summed E-state index contributed by atoms with van der Waals surface area (Å²) in [6.45, 7) is 8.96. The van der Waals surface area contributed by atoms with Crippen LogP contribution < -0.4 is 16.4 Å². The number of carbonyl (C=O) groups excluding carboxylic acids is 3. The Morgan fingerprint density at radius 1 is 0.538 bits per heavy atom. The van der Waals surface area contributed by atoms with Gasteiger partial charge in [-0.15, -0.1) is 0 Å². The van der Waals surface area contributed by atoms with Gasteiger partial charge in [-0.2, -0.15) is 11.8 Å². The van der Waals surface area contributed by atoms with Crippen molar-refractivity contribution in [2.75, 3.05) is 37.7 Å². The van der Waals surface area contributed by atoms with Crippen molar-refractivity contribution in [2.45, 2.75) is 219 Å². The molecule has 9 heteroatoms. The molecule has 0 heterocycles. The smallest absolute Gasteiger partial charge is 0.306 e. The van der Waals surface area contributed by atoms with Crippen LogP contribution in [-0.4, -0.2) is 67.7 Å². The van der Waals surface area contributed by atoms with E-state index in [4.69, 9.17) is 15.2 Å². The van der Waals surface area contributed by atoms with Gasteiger partial charge in [-0.3, -0.25) is 14.4 Å². The normalized spacial score (nSPS) is 12.5. The van der Waals surface area contributed by atoms with Gasteiger partial charge in [-0.25, -0.2) is 0 Å². The summed E-state index contributed by atoms with van der Waals surface area (Å²) in [4.78, 5) is 37.7. The van der Waals surface area contributed by atoms with Gasteiger partial charge >= 0.3 is 11.9 Å². The first kappa shape index (κ1) is 50.7. The van der Waals surface area contributed by atoms with E-state index in [-0.39, 0.29) is 24.5 Å². The van der Waals surface area contributed by atoms with E-state index in [9.17, 15) is 14.4 Å². The minimum atomic E-state index is -0.649. The van der Waals surface area contributed by atoms with Gasteiger partial charge in [0.05, 0.1) is 6.04 Å². The van der Waals surface area contributed by atoms with Crippen LogP contribution in [0.3, 0.4) is 0 Å². The summed E-state index contributed by atoms with van der Waals surface area (Å²) in [5, 5.41) is 6.13. The number of nitrogens with two attached hydrogens (primary N) is 1. The number of ether oxygens (including phenoxy) is 2. The lowest BCUT2D eigenvalue weighted by atomic mass is 10.0. The van der Waals surface area contributed by atoms with E-state index in [1.165, 1.54) is 140 Å². The van der Waals surface area contributed by atoms with Gasteiger partial charge in [0.15, 0.2) is 0 Å². The van der Waals surface area contributed by atoms with Gasteiger partial charge < -0.3 is 25.8 Å². The average Bonchev–Trinajstić information content (AvgIpc) is 3.14. The van der Waals surface area contributed by atoms with E-state index < -0.39 is 12.1 Å². The number of amides is 1. The van der Waals surface area contributed by atoms with E-state index >= 15 is 0 Å². The van der Waals surface area contributed by atoms with Crippen LogP contribution in [0.5, 0.6) is 0 Å². The number of thioether (sulfide) groups is 1. The minimum absolute atomic E-state index is 0.0421. The summed E-state index contributed by atoms with van der Waals surface area (Å²) >= 11 is 1.46. The van der Waals surface area contributed by atoms with Crippen LogP contribution in [0.25, 0.3) is 0 Å². The van der Waals surface area contributed by atoms with Crippen LogP contribution in [-0.2, 0) is 23.9 Å². The Morgan fingerprint density at radius 3 is 1.40 bits per heavy atom. The lowest BCUT2D eigenvalue weighted by Gasteiger charge is -2.19. The fourth-order valence-electron chi connectivity index (χ4n) is 6.33. The van der Waals surface area contributed by atoms with Crippen molar-refractivity contribution < 1.29 is 23.9 Å². The number of carbonyl (C=O) groups is 3. The molecule has 0 aromatic heterocycles. The molecule has 0 spiro atoms. The standard InChI is InChI=1S/C43H85N3O5S/c1-4-7-9-11-13-15-17-19-21-23-25-27-29-32-41(47)50-36-39(37-52-38-40(44)43(49)46-35-31-34-45-6-3)51-42(48)33-30-28-26-24-22-20-18-16-14-12-10-8-5-2/h39-40,45H,4-38,44H2,1-3H3,(H,46,49). The molecule has 0 aliphatic carbocycles. The van der Waals surface area contributed by atoms with Gasteiger partial charge in [-0.05, 0) is 32.4 Å². The molecular weight excluding hydrogens is 671 g/mol. The van der Waals surface area contributed by atoms with E-state index in [1.54, 1.807) is 0 Å². The Balaban J connectivity index is 4.35. The Hall–Kier alpha value is -1.32. The average molecular weight is 756 g/mol. The largest absolute Gasteiger partial charge is 0.462 e. The molecule has 0 aliphatic rings. The SMILES string of the molecule is CCCCCCCCCCCCCCCC(=O)OCC(CSCC(N)C(=O)NCCCNCC)OC(=O)CCCCCCCCCCCCCCC. The van der Waals surface area contributed by atoms with E-state index in [2.05, 4.69) is 31.4 Å². The highest BCUT2D eigenvalue weighted by atomic mass is 32.2. The summed E-state index contributed by atoms with van der Waals surface area (Å²) in [6.07, 6.45) is 33.8. The van der Waals surface area contributed by atoms with Crippen molar-refractivity contribution in [1.82, 2.24) is 10.6 Å². The molecule has 0 aliphatic heterocycles. The third kappa shape index (κ3) is 37.0. The van der Waals surface area contributed by atoms with Crippen molar-refractivity contribution in [3.05, 3.63) is 0 Å². The van der Waals surface area contributed by atoms with Crippen LogP contribution in [0.2, 0.25) is 0 Å². The summed E-state index contributed by atoms with van der Waals surface area (Å²) in [5.74, 6) is 0.170. The highest BCUT2D eigenvalue weighted by molar-refractivity contribution is 7.99. The molecule has 8 nitrogen and oxygen atoms in total.